The number of carbonyl (C=O) groups excluding carboxylic acids is 5. The van der Waals surface area contributed by atoms with Gasteiger partial charge in [0.2, 0.25) is 21.7 Å². The van der Waals surface area contributed by atoms with Crippen molar-refractivity contribution in [3.8, 4) is 0 Å². The van der Waals surface area contributed by atoms with Crippen molar-refractivity contribution in [1.82, 2.24) is 29.5 Å². The zero-order valence-corrected chi connectivity index (χ0v) is 33.9. The van der Waals surface area contributed by atoms with Crippen LogP contribution in [0.2, 0.25) is 0 Å². The van der Waals surface area contributed by atoms with Gasteiger partial charge in [-0.05, 0) is 76.1 Å². The summed E-state index contributed by atoms with van der Waals surface area (Å²) < 4.78 is 53.6. The van der Waals surface area contributed by atoms with Crippen LogP contribution >= 0.6 is 0 Å². The standard InChI is InChI=1S/C37H50N8O10S2/c1-36(2,51)30-21-39-42-45(30)26-20-29(34(49)41-37(31(46)32(38)47)15-17-56(52,53)18-16-37)44(22-26)35(50)28(19-23-7-5-4-6-8-23)40-33(48)24-9-13-27(14-10-24)57(54,55)43(3)25-11-12-25/h9-10,13-14,21,23,25-26,29,51H,4-8,11-12,15-20,22H2,1-3H3,(H2,38,47)(H,41,49)/b40-28+/t26-,29-/m0/s1. The molecule has 1 aromatic heterocycles. The lowest BCUT2D eigenvalue weighted by Gasteiger charge is -2.37. The fourth-order valence-electron chi connectivity index (χ4n) is 8.03. The number of amides is 4. The number of ketones is 1. The van der Waals surface area contributed by atoms with E-state index in [1.165, 1.54) is 65.2 Å². The Morgan fingerprint density at radius 1 is 1.04 bits per heavy atom. The Kier molecular flexibility index (Phi) is 11.9. The van der Waals surface area contributed by atoms with Crippen molar-refractivity contribution in [3.05, 3.63) is 41.7 Å². The van der Waals surface area contributed by atoms with Crippen LogP contribution in [-0.2, 0) is 44.6 Å². The fourth-order valence-corrected chi connectivity index (χ4v) is 11.0. The number of hydrogen-bond acceptors (Lipinski definition) is 12. The number of Topliss-reactive ketones (excluding diaryl/α,β-unsaturated/α-hetero) is 1. The SMILES string of the molecule is CN(C1CC1)S(=O)(=O)c1ccc(C(=O)/N=C(\CC2CCCCC2)C(=O)N2C[C@@H](n3nncc3C(C)(C)O)C[C@H]2C(=O)NC2(C(=O)C(N)=O)CCS(=O)(=O)CC2)cc1. The number of sulfonamides is 1. The highest BCUT2D eigenvalue weighted by Crippen LogP contribution is 2.35. The minimum absolute atomic E-state index is 0.00292. The number of primary amides is 1. The number of benzene rings is 1. The largest absolute Gasteiger partial charge is 0.384 e. The maximum absolute atomic E-state index is 14.8. The predicted molar refractivity (Wildman–Crippen MR) is 205 cm³/mol. The molecule has 2 saturated heterocycles. The van der Waals surface area contributed by atoms with Gasteiger partial charge in [-0.2, -0.15) is 4.31 Å². The third kappa shape index (κ3) is 9.18. The second kappa shape index (κ2) is 16.1. The van der Waals surface area contributed by atoms with Crippen molar-refractivity contribution in [2.75, 3.05) is 25.1 Å². The van der Waals surface area contributed by atoms with Gasteiger partial charge in [0.15, 0.2) is 9.84 Å². The van der Waals surface area contributed by atoms with Crippen molar-refractivity contribution in [2.45, 2.75) is 119 Å². The average molecular weight is 831 g/mol. The van der Waals surface area contributed by atoms with Gasteiger partial charge < -0.3 is 21.1 Å². The number of nitrogens with zero attached hydrogens (tertiary/aromatic N) is 6. The van der Waals surface area contributed by atoms with E-state index in [9.17, 15) is 45.9 Å². The van der Waals surface area contributed by atoms with Crippen molar-refractivity contribution >= 4 is 55.0 Å². The highest BCUT2D eigenvalue weighted by atomic mass is 32.2. The number of hydrogen-bond donors (Lipinski definition) is 3. The molecule has 0 spiro atoms. The lowest BCUT2D eigenvalue weighted by molar-refractivity contribution is -0.143. The Morgan fingerprint density at radius 3 is 2.25 bits per heavy atom. The van der Waals surface area contributed by atoms with Crippen LogP contribution in [0.15, 0.2) is 40.4 Å². The third-order valence-electron chi connectivity index (χ3n) is 11.6. The highest BCUT2D eigenvalue weighted by Gasteiger charge is 2.50. The quantitative estimate of drug-likeness (QED) is 0.187. The summed E-state index contributed by atoms with van der Waals surface area (Å²) in [5.41, 5.74) is 2.22. The summed E-state index contributed by atoms with van der Waals surface area (Å²) in [4.78, 5) is 73.9. The van der Waals surface area contributed by atoms with Gasteiger partial charge in [0.05, 0.1) is 34.3 Å². The Hall–Kier alpha value is -4.40. The van der Waals surface area contributed by atoms with Crippen molar-refractivity contribution in [1.29, 1.82) is 0 Å². The van der Waals surface area contributed by atoms with Crippen molar-refractivity contribution in [2.24, 2.45) is 16.6 Å². The smallest absolute Gasteiger partial charge is 0.287 e. The van der Waals surface area contributed by atoms with Crippen LogP contribution < -0.4 is 11.1 Å². The third-order valence-corrected chi connectivity index (χ3v) is 15.2. The summed E-state index contributed by atoms with van der Waals surface area (Å²) in [5.74, 6) is -5.88. The molecule has 1 aromatic carbocycles. The molecule has 57 heavy (non-hydrogen) atoms. The number of nitrogens with two attached hydrogens (primary N) is 1. The molecule has 18 nitrogen and oxygen atoms in total. The Balaban J connectivity index is 1.35. The molecular weight excluding hydrogens is 781 g/mol. The molecule has 310 valence electrons. The number of carbonyl (C=O) groups is 5. The van der Waals surface area contributed by atoms with Crippen LogP contribution in [0.3, 0.4) is 0 Å². The van der Waals surface area contributed by atoms with Crippen LogP contribution in [0, 0.1) is 5.92 Å². The van der Waals surface area contributed by atoms with E-state index in [4.69, 9.17) is 5.73 Å². The minimum Gasteiger partial charge on any atom is -0.384 e. The van der Waals surface area contributed by atoms with Crippen LogP contribution in [0.4, 0.5) is 0 Å². The molecule has 2 saturated carbocycles. The molecule has 2 aliphatic heterocycles. The Labute approximate surface area is 331 Å². The topological polar surface area (TPSA) is 261 Å². The van der Waals surface area contributed by atoms with Gasteiger partial charge in [0, 0.05) is 31.6 Å². The van der Waals surface area contributed by atoms with Gasteiger partial charge in [0.1, 0.15) is 22.9 Å². The summed E-state index contributed by atoms with van der Waals surface area (Å²) in [6.07, 6.45) is 6.52. The first kappa shape index (κ1) is 42.2. The molecule has 2 aromatic rings. The van der Waals surface area contributed by atoms with Crippen LogP contribution in [-0.4, -0.2) is 124 Å². The van der Waals surface area contributed by atoms with Gasteiger partial charge in [-0.25, -0.2) is 26.5 Å². The molecule has 2 aliphatic carbocycles. The number of aliphatic imine (C=N–C) groups is 1. The average Bonchev–Trinajstić information content (AvgIpc) is 3.70. The molecule has 0 bridgehead atoms. The van der Waals surface area contributed by atoms with Gasteiger partial charge in [-0.15, -0.1) is 5.10 Å². The number of likely N-dealkylation sites (tertiary alicyclic amines) is 1. The maximum atomic E-state index is 14.8. The van der Waals surface area contributed by atoms with Crippen molar-refractivity contribution in [3.63, 3.8) is 0 Å². The molecule has 4 aliphatic rings. The van der Waals surface area contributed by atoms with Gasteiger partial charge in [-0.1, -0.05) is 37.3 Å². The van der Waals surface area contributed by atoms with Gasteiger partial charge in [-0.3, -0.25) is 24.0 Å². The van der Waals surface area contributed by atoms with E-state index in [0.29, 0.717) is 5.69 Å². The number of aromatic nitrogens is 3. The second-order valence-corrected chi connectivity index (χ2v) is 20.6. The molecule has 3 heterocycles. The van der Waals surface area contributed by atoms with Gasteiger partial charge in [0.25, 0.3) is 17.7 Å². The monoisotopic (exact) mass is 830 g/mol. The summed E-state index contributed by atoms with van der Waals surface area (Å²) in [6.45, 7) is 2.89. The molecule has 4 N–H and O–H groups in total. The first-order valence-corrected chi connectivity index (χ1v) is 22.5. The molecule has 4 fully saturated rings. The van der Waals surface area contributed by atoms with E-state index in [-0.39, 0.29) is 47.5 Å². The van der Waals surface area contributed by atoms with E-state index < -0.39 is 96.8 Å². The number of aliphatic hydroxyl groups is 1. The van der Waals surface area contributed by atoms with Crippen molar-refractivity contribution < 1.29 is 45.9 Å². The summed E-state index contributed by atoms with van der Waals surface area (Å²) >= 11 is 0. The zero-order valence-electron chi connectivity index (χ0n) is 32.3. The van der Waals surface area contributed by atoms with E-state index in [2.05, 4.69) is 20.6 Å². The number of nitrogens with one attached hydrogen (secondary N) is 1. The van der Waals surface area contributed by atoms with Gasteiger partial charge >= 0.3 is 0 Å². The van der Waals surface area contributed by atoms with E-state index in [1.54, 1.807) is 0 Å². The Bertz CT molecular complexity index is 2160. The fraction of sp³-hybridized carbons (Fsp3) is 0.622. The van der Waals surface area contributed by atoms with E-state index in [1.807, 2.05) is 0 Å². The number of sulfone groups is 1. The lowest BCUT2D eigenvalue weighted by Crippen LogP contribution is -2.64. The Morgan fingerprint density at radius 2 is 1.67 bits per heavy atom. The zero-order chi connectivity index (χ0) is 41.5. The van der Waals surface area contributed by atoms with Crippen LogP contribution in [0.25, 0.3) is 0 Å². The lowest BCUT2D eigenvalue weighted by atomic mass is 9.85. The minimum atomic E-state index is -3.78. The molecule has 4 amide bonds. The normalized spacial score (nSPS) is 23.0. The molecule has 0 unspecified atom stereocenters. The summed E-state index contributed by atoms with van der Waals surface area (Å²) in [7, 11) is -5.84. The highest BCUT2D eigenvalue weighted by molar-refractivity contribution is 7.91. The molecular formula is C37H50N8O10S2. The van der Waals surface area contributed by atoms with Crippen LogP contribution in [0.1, 0.15) is 107 Å². The van der Waals surface area contributed by atoms with E-state index >= 15 is 0 Å². The van der Waals surface area contributed by atoms with E-state index in [0.717, 1.165) is 44.9 Å². The number of rotatable bonds is 13. The maximum Gasteiger partial charge on any atom is 0.287 e. The second-order valence-electron chi connectivity index (χ2n) is 16.3. The first-order valence-electron chi connectivity index (χ1n) is 19.2. The first-order chi connectivity index (χ1) is 26.7. The molecule has 0 radical (unpaired) electrons. The molecule has 20 heteroatoms. The van der Waals surface area contributed by atoms with Crippen LogP contribution in [0.5, 0.6) is 0 Å². The summed E-state index contributed by atoms with van der Waals surface area (Å²) in [6, 6.07) is 3.19. The summed E-state index contributed by atoms with van der Waals surface area (Å²) in [5, 5.41) is 21.6. The molecule has 6 rings (SSSR count). The predicted octanol–water partition coefficient (Wildman–Crippen LogP) is 0.800. The molecule has 2 atom stereocenters.